The third-order valence-corrected chi connectivity index (χ3v) is 3.99. The van der Waals surface area contributed by atoms with Crippen LogP contribution in [0.15, 0.2) is 51.7 Å². The van der Waals surface area contributed by atoms with E-state index in [4.69, 9.17) is 30.2 Å². The quantitative estimate of drug-likeness (QED) is 0.499. The highest BCUT2D eigenvalue weighted by atomic mass is 35.5. The second kappa shape index (κ2) is 8.23. The van der Waals surface area contributed by atoms with E-state index < -0.39 is 0 Å². The molecule has 0 amide bonds. The highest BCUT2D eigenvalue weighted by Gasteiger charge is 2.14. The third-order valence-electron chi connectivity index (χ3n) is 3.66. The molecule has 0 unspecified atom stereocenters. The number of benzene rings is 2. The first-order valence-corrected chi connectivity index (χ1v) is 8.23. The van der Waals surface area contributed by atoms with Gasteiger partial charge in [0.2, 0.25) is 0 Å². The van der Waals surface area contributed by atoms with Crippen molar-refractivity contribution in [2.24, 2.45) is 0 Å². The Kier molecular flexibility index (Phi) is 5.78. The number of phenols is 1. The number of methoxy groups -OCH3 is 1. The zero-order valence-electron chi connectivity index (χ0n) is 14.0. The zero-order chi connectivity index (χ0) is 18.5. The Morgan fingerprint density at radius 2 is 1.96 bits per heavy atom. The SMILES string of the molecule is COCCOCOc1cc(O)c2c(=O)cc(-c3ccccc3Cl)oc2c1. The number of hydrogen-bond acceptors (Lipinski definition) is 6. The van der Waals surface area contributed by atoms with Gasteiger partial charge < -0.3 is 23.7 Å². The molecule has 0 radical (unpaired) electrons. The fourth-order valence-corrected chi connectivity index (χ4v) is 2.66. The van der Waals surface area contributed by atoms with E-state index in [1.165, 1.54) is 18.2 Å². The predicted molar refractivity (Wildman–Crippen MR) is 97.9 cm³/mol. The molecule has 0 spiro atoms. The minimum Gasteiger partial charge on any atom is -0.507 e. The molecule has 0 fully saturated rings. The van der Waals surface area contributed by atoms with Crippen LogP contribution in [0.4, 0.5) is 0 Å². The minimum atomic E-state index is -0.374. The van der Waals surface area contributed by atoms with Crippen LogP contribution in [-0.2, 0) is 9.47 Å². The molecule has 0 atom stereocenters. The number of halogens is 1. The average Bonchev–Trinajstić information content (AvgIpc) is 2.61. The Labute approximate surface area is 154 Å². The van der Waals surface area contributed by atoms with E-state index in [1.54, 1.807) is 31.4 Å². The number of aromatic hydroxyl groups is 1. The van der Waals surface area contributed by atoms with Gasteiger partial charge in [0, 0.05) is 30.9 Å². The van der Waals surface area contributed by atoms with E-state index >= 15 is 0 Å². The van der Waals surface area contributed by atoms with Crippen LogP contribution in [0.2, 0.25) is 5.02 Å². The van der Waals surface area contributed by atoms with Crippen LogP contribution in [0.1, 0.15) is 0 Å². The summed E-state index contributed by atoms with van der Waals surface area (Å²) in [5, 5.41) is 10.7. The van der Waals surface area contributed by atoms with Gasteiger partial charge >= 0.3 is 0 Å². The van der Waals surface area contributed by atoms with Crippen LogP contribution >= 0.6 is 11.6 Å². The summed E-state index contributed by atoms with van der Waals surface area (Å²) < 4.78 is 21.3. The molecule has 0 bridgehead atoms. The number of phenolic OH excluding ortho intramolecular Hbond substituents is 1. The molecule has 0 aliphatic heterocycles. The van der Waals surface area contributed by atoms with Crippen molar-refractivity contribution < 1.29 is 23.7 Å². The molecular weight excluding hydrogens is 360 g/mol. The molecule has 2 aromatic carbocycles. The topological polar surface area (TPSA) is 78.1 Å². The van der Waals surface area contributed by atoms with Crippen molar-refractivity contribution in [2.45, 2.75) is 0 Å². The molecule has 136 valence electrons. The predicted octanol–water partition coefficient (Wildman–Crippen LogP) is 3.82. The first-order chi connectivity index (χ1) is 12.6. The summed E-state index contributed by atoms with van der Waals surface area (Å²) in [5.74, 6) is 0.390. The van der Waals surface area contributed by atoms with Crippen molar-refractivity contribution in [1.82, 2.24) is 0 Å². The average molecular weight is 377 g/mol. The van der Waals surface area contributed by atoms with E-state index in [0.29, 0.717) is 35.3 Å². The summed E-state index contributed by atoms with van der Waals surface area (Å²) in [6, 6.07) is 11.2. The van der Waals surface area contributed by atoms with Gasteiger partial charge in [-0.15, -0.1) is 0 Å². The monoisotopic (exact) mass is 376 g/mol. The first-order valence-electron chi connectivity index (χ1n) is 7.85. The van der Waals surface area contributed by atoms with E-state index in [0.717, 1.165) is 0 Å². The molecular formula is C19H17ClO6. The van der Waals surface area contributed by atoms with E-state index in [1.807, 2.05) is 0 Å². The van der Waals surface area contributed by atoms with Crippen molar-refractivity contribution in [2.75, 3.05) is 27.1 Å². The summed E-state index contributed by atoms with van der Waals surface area (Å²) in [5.41, 5.74) is 0.405. The van der Waals surface area contributed by atoms with Gasteiger partial charge in [0.1, 0.15) is 28.2 Å². The number of hydrogen-bond donors (Lipinski definition) is 1. The molecule has 0 saturated heterocycles. The number of rotatable bonds is 7. The van der Waals surface area contributed by atoms with Crippen molar-refractivity contribution in [1.29, 1.82) is 0 Å². The maximum atomic E-state index is 12.4. The summed E-state index contributed by atoms with van der Waals surface area (Å²) in [7, 11) is 1.57. The Bertz CT molecular complexity index is 966. The zero-order valence-corrected chi connectivity index (χ0v) is 14.8. The molecule has 1 heterocycles. The Morgan fingerprint density at radius 1 is 1.15 bits per heavy atom. The molecule has 1 aromatic heterocycles. The third kappa shape index (κ3) is 3.99. The Balaban J connectivity index is 1.95. The standard InChI is InChI=1S/C19H17ClO6/c1-23-6-7-24-11-25-12-8-15(21)19-16(22)10-17(26-18(19)9-12)13-4-2-3-5-14(13)20/h2-5,8-10,21H,6-7,11H2,1H3. The second-order valence-electron chi connectivity index (χ2n) is 5.43. The van der Waals surface area contributed by atoms with Crippen LogP contribution in [0.5, 0.6) is 11.5 Å². The fourth-order valence-electron chi connectivity index (χ4n) is 2.43. The lowest BCUT2D eigenvalue weighted by Gasteiger charge is -2.10. The fraction of sp³-hybridized carbons (Fsp3) is 0.211. The molecule has 6 nitrogen and oxygen atoms in total. The maximum Gasteiger partial charge on any atom is 0.197 e. The second-order valence-corrected chi connectivity index (χ2v) is 5.84. The van der Waals surface area contributed by atoms with Gasteiger partial charge in [-0.3, -0.25) is 4.79 Å². The first kappa shape index (κ1) is 18.3. The van der Waals surface area contributed by atoms with Gasteiger partial charge in [-0.25, -0.2) is 0 Å². The lowest BCUT2D eigenvalue weighted by Crippen LogP contribution is -2.08. The van der Waals surface area contributed by atoms with E-state index in [2.05, 4.69) is 0 Å². The van der Waals surface area contributed by atoms with Crippen LogP contribution in [0, 0.1) is 0 Å². The van der Waals surface area contributed by atoms with Crippen LogP contribution < -0.4 is 10.2 Å². The van der Waals surface area contributed by atoms with Crippen LogP contribution in [-0.4, -0.2) is 32.2 Å². The normalized spacial score (nSPS) is 11.0. The number of fused-ring (bicyclic) bond motifs is 1. The van der Waals surface area contributed by atoms with Gasteiger partial charge in [-0.1, -0.05) is 23.7 Å². The number of ether oxygens (including phenoxy) is 3. The summed E-state index contributed by atoms with van der Waals surface area (Å²) in [6.45, 7) is 0.799. The minimum absolute atomic E-state index is 0.0251. The molecule has 0 saturated carbocycles. The molecule has 26 heavy (non-hydrogen) atoms. The highest BCUT2D eigenvalue weighted by Crippen LogP contribution is 2.33. The van der Waals surface area contributed by atoms with Gasteiger partial charge in [-0.2, -0.15) is 0 Å². The van der Waals surface area contributed by atoms with Gasteiger partial charge in [0.05, 0.1) is 18.2 Å². The van der Waals surface area contributed by atoms with Crippen molar-refractivity contribution in [3.8, 4) is 22.8 Å². The van der Waals surface area contributed by atoms with Crippen molar-refractivity contribution in [3.63, 3.8) is 0 Å². The summed E-state index contributed by atoms with van der Waals surface area (Å²) in [4.78, 5) is 12.4. The van der Waals surface area contributed by atoms with Crippen LogP contribution in [0.3, 0.4) is 0 Å². The van der Waals surface area contributed by atoms with Crippen molar-refractivity contribution >= 4 is 22.6 Å². The van der Waals surface area contributed by atoms with E-state index in [-0.39, 0.29) is 28.9 Å². The Hall–Kier alpha value is -2.54. The van der Waals surface area contributed by atoms with Gasteiger partial charge in [-0.05, 0) is 12.1 Å². The molecule has 0 aliphatic rings. The Morgan fingerprint density at radius 3 is 2.73 bits per heavy atom. The smallest absolute Gasteiger partial charge is 0.197 e. The van der Waals surface area contributed by atoms with Crippen molar-refractivity contribution in [3.05, 3.63) is 57.7 Å². The highest BCUT2D eigenvalue weighted by molar-refractivity contribution is 6.33. The summed E-state index contributed by atoms with van der Waals surface area (Å²) in [6.07, 6.45) is 0. The van der Waals surface area contributed by atoms with Crippen LogP contribution in [0.25, 0.3) is 22.3 Å². The van der Waals surface area contributed by atoms with Gasteiger partial charge in [0.15, 0.2) is 12.2 Å². The van der Waals surface area contributed by atoms with E-state index in [9.17, 15) is 9.90 Å². The lowest BCUT2D eigenvalue weighted by atomic mass is 10.1. The molecule has 3 rings (SSSR count). The lowest BCUT2D eigenvalue weighted by molar-refractivity contribution is -0.00849. The summed E-state index contributed by atoms with van der Waals surface area (Å²) >= 11 is 6.17. The molecule has 0 aliphatic carbocycles. The molecule has 7 heteroatoms. The maximum absolute atomic E-state index is 12.4. The largest absolute Gasteiger partial charge is 0.507 e. The molecule has 1 N–H and O–H groups in total. The molecule has 3 aromatic rings. The van der Waals surface area contributed by atoms with Gasteiger partial charge in [0.25, 0.3) is 0 Å².